The van der Waals surface area contributed by atoms with E-state index < -0.39 is 11.3 Å². The number of nitrogens with one attached hydrogen (secondary N) is 1. The molecular weight excluding hydrogens is 286 g/mol. The molecule has 0 atom stereocenters. The molecule has 1 N–H and O–H groups in total. The lowest BCUT2D eigenvalue weighted by Gasteiger charge is -2.19. The van der Waals surface area contributed by atoms with Gasteiger partial charge >= 0.3 is 0 Å². The molecule has 5 heteroatoms. The van der Waals surface area contributed by atoms with Crippen LogP contribution < -0.4 is 0 Å². The van der Waals surface area contributed by atoms with E-state index in [1.165, 1.54) is 0 Å². The Balaban J connectivity index is 2.59. The molecule has 0 saturated carbocycles. The summed E-state index contributed by atoms with van der Waals surface area (Å²) < 4.78 is 0. The third-order valence-electron chi connectivity index (χ3n) is 3.80. The largest absolute Gasteiger partial charge is 0.360 e. The summed E-state index contributed by atoms with van der Waals surface area (Å²) in [6.45, 7) is 3.71. The summed E-state index contributed by atoms with van der Waals surface area (Å²) in [6, 6.07) is 16.4. The van der Waals surface area contributed by atoms with Crippen LogP contribution >= 0.6 is 0 Å². The average Bonchev–Trinajstić information content (AvgIpc) is 2.91. The minimum absolute atomic E-state index is 0.505. The SMILES string of the molecule is Cc1cc(C)c(C(C#N)(C#N)c2ccc(C(C#N)C#N)cc2)[nH]1. The van der Waals surface area contributed by atoms with E-state index in [9.17, 15) is 10.5 Å². The molecular formula is C18H13N5. The highest BCUT2D eigenvalue weighted by molar-refractivity contribution is 5.54. The van der Waals surface area contributed by atoms with Gasteiger partial charge in [0.05, 0.1) is 30.0 Å². The predicted molar refractivity (Wildman–Crippen MR) is 82.7 cm³/mol. The minimum Gasteiger partial charge on any atom is -0.360 e. The van der Waals surface area contributed by atoms with Gasteiger partial charge < -0.3 is 4.98 Å². The Hall–Kier alpha value is -3.54. The Bertz CT molecular complexity index is 863. The lowest BCUT2D eigenvalue weighted by molar-refractivity contribution is 0.802. The van der Waals surface area contributed by atoms with Crippen molar-refractivity contribution < 1.29 is 0 Å². The number of hydrogen-bond acceptors (Lipinski definition) is 4. The molecule has 110 valence electrons. The lowest BCUT2D eigenvalue weighted by atomic mass is 9.78. The Kier molecular flexibility index (Phi) is 4.18. The summed E-state index contributed by atoms with van der Waals surface area (Å²) >= 11 is 0. The van der Waals surface area contributed by atoms with E-state index in [2.05, 4.69) is 17.1 Å². The van der Waals surface area contributed by atoms with Gasteiger partial charge in [-0.25, -0.2) is 0 Å². The summed E-state index contributed by atoms with van der Waals surface area (Å²) in [5.74, 6) is -0.864. The van der Waals surface area contributed by atoms with Crippen molar-refractivity contribution in [3.8, 4) is 24.3 Å². The monoisotopic (exact) mass is 299 g/mol. The van der Waals surface area contributed by atoms with Crippen LogP contribution in [0.2, 0.25) is 0 Å². The molecule has 0 bridgehead atoms. The van der Waals surface area contributed by atoms with E-state index in [4.69, 9.17) is 10.5 Å². The maximum absolute atomic E-state index is 9.69. The van der Waals surface area contributed by atoms with Crippen molar-refractivity contribution in [2.24, 2.45) is 0 Å². The highest BCUT2D eigenvalue weighted by Gasteiger charge is 2.37. The second-order valence-corrected chi connectivity index (χ2v) is 5.30. The van der Waals surface area contributed by atoms with Crippen LogP contribution in [0.4, 0.5) is 0 Å². The quantitative estimate of drug-likeness (QED) is 0.938. The Morgan fingerprint density at radius 3 is 1.91 bits per heavy atom. The lowest BCUT2D eigenvalue weighted by Crippen LogP contribution is -2.25. The van der Waals surface area contributed by atoms with Crippen molar-refractivity contribution in [3.63, 3.8) is 0 Å². The molecule has 0 radical (unpaired) electrons. The molecule has 2 aromatic rings. The molecule has 23 heavy (non-hydrogen) atoms. The molecule has 2 rings (SSSR count). The Morgan fingerprint density at radius 1 is 0.957 bits per heavy atom. The molecule has 0 spiro atoms. The molecule has 0 aliphatic heterocycles. The van der Waals surface area contributed by atoms with Crippen molar-refractivity contribution in [1.82, 2.24) is 4.98 Å². The zero-order valence-electron chi connectivity index (χ0n) is 12.8. The topological polar surface area (TPSA) is 111 Å². The number of rotatable bonds is 3. The van der Waals surface area contributed by atoms with Crippen LogP contribution in [0.15, 0.2) is 30.3 Å². The molecule has 0 unspecified atom stereocenters. The van der Waals surface area contributed by atoms with Crippen molar-refractivity contribution in [2.75, 3.05) is 0 Å². The number of benzene rings is 1. The first kappa shape index (κ1) is 15.8. The number of aromatic nitrogens is 1. The van der Waals surface area contributed by atoms with Crippen molar-refractivity contribution >= 4 is 0 Å². The Morgan fingerprint density at radius 2 is 1.52 bits per heavy atom. The van der Waals surface area contributed by atoms with Crippen LogP contribution in [-0.2, 0) is 5.41 Å². The van der Waals surface area contributed by atoms with E-state index in [1.807, 2.05) is 32.1 Å². The summed E-state index contributed by atoms with van der Waals surface area (Å²) in [6.07, 6.45) is 0. The first-order valence-electron chi connectivity index (χ1n) is 6.91. The van der Waals surface area contributed by atoms with Gasteiger partial charge in [0.2, 0.25) is 5.41 Å². The predicted octanol–water partition coefficient (Wildman–Crippen LogP) is 3.10. The van der Waals surface area contributed by atoms with Gasteiger partial charge in [0, 0.05) is 5.69 Å². The molecule has 1 aromatic heterocycles. The van der Waals surface area contributed by atoms with Crippen molar-refractivity contribution in [1.29, 1.82) is 21.0 Å². The molecule has 0 aliphatic rings. The number of nitriles is 4. The van der Waals surface area contributed by atoms with Crippen LogP contribution in [0.3, 0.4) is 0 Å². The van der Waals surface area contributed by atoms with Gasteiger partial charge in [-0.05, 0) is 36.6 Å². The highest BCUT2D eigenvalue weighted by Crippen LogP contribution is 2.33. The molecule has 1 aromatic carbocycles. The summed E-state index contributed by atoms with van der Waals surface area (Å²) in [5.41, 5.74) is 1.85. The first-order valence-corrected chi connectivity index (χ1v) is 6.91. The van der Waals surface area contributed by atoms with E-state index >= 15 is 0 Å². The van der Waals surface area contributed by atoms with Crippen LogP contribution in [0.1, 0.15) is 34.0 Å². The number of H-pyrrole nitrogens is 1. The van der Waals surface area contributed by atoms with Gasteiger partial charge in [0.25, 0.3) is 0 Å². The maximum Gasteiger partial charge on any atom is 0.208 e. The third kappa shape index (κ3) is 2.53. The standard InChI is InChI=1S/C18H13N5/c1-12-7-13(2)23-17(12)18(10-21,11-22)16-5-3-14(4-6-16)15(8-19)9-20/h3-7,15,23H,1-2H3. The maximum atomic E-state index is 9.69. The van der Waals surface area contributed by atoms with Crippen molar-refractivity contribution in [3.05, 3.63) is 58.4 Å². The fourth-order valence-electron chi connectivity index (χ4n) is 2.63. The van der Waals surface area contributed by atoms with Crippen LogP contribution in [0.25, 0.3) is 0 Å². The summed E-state index contributed by atoms with van der Waals surface area (Å²) in [4.78, 5) is 3.10. The van der Waals surface area contributed by atoms with Crippen molar-refractivity contribution in [2.45, 2.75) is 25.2 Å². The Labute approximate surface area is 134 Å². The van der Waals surface area contributed by atoms with E-state index in [-0.39, 0.29) is 0 Å². The molecule has 0 fully saturated rings. The van der Waals surface area contributed by atoms with Crippen LogP contribution in [-0.4, -0.2) is 4.98 Å². The number of nitrogens with zero attached hydrogens (tertiary/aromatic N) is 4. The number of hydrogen-bond donors (Lipinski definition) is 1. The third-order valence-corrected chi connectivity index (χ3v) is 3.80. The van der Waals surface area contributed by atoms with Gasteiger partial charge in [0.1, 0.15) is 0 Å². The molecule has 0 saturated heterocycles. The fourth-order valence-corrected chi connectivity index (χ4v) is 2.63. The van der Waals surface area contributed by atoms with Gasteiger partial charge in [0.15, 0.2) is 5.92 Å². The first-order chi connectivity index (χ1) is 11.0. The smallest absolute Gasteiger partial charge is 0.208 e. The second kappa shape index (κ2) is 6.07. The normalized spacial score (nSPS) is 10.4. The summed E-state index contributed by atoms with van der Waals surface area (Å²) in [5, 5.41) is 37.3. The zero-order valence-corrected chi connectivity index (χ0v) is 12.8. The van der Waals surface area contributed by atoms with E-state index in [0.29, 0.717) is 16.8 Å². The van der Waals surface area contributed by atoms with Gasteiger partial charge in [-0.1, -0.05) is 24.3 Å². The van der Waals surface area contributed by atoms with Gasteiger partial charge in [-0.3, -0.25) is 0 Å². The average molecular weight is 299 g/mol. The van der Waals surface area contributed by atoms with Gasteiger partial charge in [-0.2, -0.15) is 21.0 Å². The minimum atomic E-state index is -1.45. The van der Waals surface area contributed by atoms with Crippen LogP contribution in [0.5, 0.6) is 0 Å². The van der Waals surface area contributed by atoms with Crippen LogP contribution in [0, 0.1) is 59.2 Å². The molecule has 5 nitrogen and oxygen atoms in total. The fraction of sp³-hybridized carbons (Fsp3) is 0.222. The molecule has 0 amide bonds. The molecule has 0 aliphatic carbocycles. The zero-order chi connectivity index (χ0) is 17.0. The summed E-state index contributed by atoms with van der Waals surface area (Å²) in [7, 11) is 0. The molecule has 1 heterocycles. The second-order valence-electron chi connectivity index (χ2n) is 5.30. The highest BCUT2D eigenvalue weighted by atomic mass is 14.8. The van der Waals surface area contributed by atoms with E-state index in [0.717, 1.165) is 11.3 Å². The number of aryl methyl sites for hydroxylation is 2. The van der Waals surface area contributed by atoms with E-state index in [1.54, 1.807) is 24.3 Å². The number of aromatic amines is 1. The van der Waals surface area contributed by atoms with Gasteiger partial charge in [-0.15, -0.1) is 0 Å².